The first-order valence-corrected chi connectivity index (χ1v) is 9.85. The molecule has 29 heavy (non-hydrogen) atoms. The number of nitrogens with two attached hydrogens (primary N) is 1. The average molecular weight is 403 g/mol. The minimum absolute atomic E-state index is 0.0102. The van der Waals surface area contributed by atoms with E-state index in [9.17, 15) is 14.7 Å². The molecule has 1 saturated heterocycles. The van der Waals surface area contributed by atoms with Crippen LogP contribution >= 0.6 is 0 Å². The largest absolute Gasteiger partial charge is 0.492 e. The molecule has 0 radical (unpaired) electrons. The normalized spacial score (nSPS) is 21.4. The van der Waals surface area contributed by atoms with E-state index in [1.54, 1.807) is 4.57 Å². The van der Waals surface area contributed by atoms with Gasteiger partial charge in [0.1, 0.15) is 11.3 Å². The quantitative estimate of drug-likeness (QED) is 0.815. The molecule has 2 heterocycles. The zero-order valence-corrected chi connectivity index (χ0v) is 16.9. The maximum Gasteiger partial charge on any atom is 0.341 e. The van der Waals surface area contributed by atoms with E-state index in [0.29, 0.717) is 30.7 Å². The molecule has 2 fully saturated rings. The summed E-state index contributed by atoms with van der Waals surface area (Å²) >= 11 is 0. The van der Waals surface area contributed by atoms with Crippen LogP contribution in [0.1, 0.15) is 49.5 Å². The van der Waals surface area contributed by atoms with Gasteiger partial charge in [-0.15, -0.1) is 0 Å². The molecular weight excluding hydrogens is 377 g/mol. The first-order valence-electron chi connectivity index (χ1n) is 9.85. The second-order valence-corrected chi connectivity index (χ2v) is 8.76. The Morgan fingerprint density at radius 2 is 2.03 bits per heavy atom. The van der Waals surface area contributed by atoms with Crippen LogP contribution in [0.25, 0.3) is 10.9 Å². The van der Waals surface area contributed by atoms with Crippen LogP contribution < -0.4 is 20.8 Å². The predicted octanol–water partition coefficient (Wildman–Crippen LogP) is 2.75. The number of carbonyl (C=O) groups is 1. The van der Waals surface area contributed by atoms with Gasteiger partial charge in [-0.1, -0.05) is 13.8 Å². The van der Waals surface area contributed by atoms with Crippen molar-refractivity contribution < 1.29 is 19.0 Å². The van der Waals surface area contributed by atoms with E-state index in [1.807, 2.05) is 4.90 Å². The molecule has 2 aromatic rings. The van der Waals surface area contributed by atoms with Crippen molar-refractivity contribution >= 4 is 22.6 Å². The molecule has 3 N–H and O–H groups in total. The van der Waals surface area contributed by atoms with Crippen LogP contribution in [0.5, 0.6) is 5.75 Å². The van der Waals surface area contributed by atoms with Crippen LogP contribution in [0.3, 0.4) is 0 Å². The number of nitrogens with zero attached hydrogens (tertiary/aromatic N) is 2. The zero-order chi connectivity index (χ0) is 21.1. The summed E-state index contributed by atoms with van der Waals surface area (Å²) in [7, 11) is 1.45. The smallest absolute Gasteiger partial charge is 0.341 e. The van der Waals surface area contributed by atoms with E-state index in [2.05, 4.69) is 13.8 Å². The number of benzene rings is 1. The summed E-state index contributed by atoms with van der Waals surface area (Å²) in [5.74, 6) is -1.64. The lowest BCUT2D eigenvalue weighted by Crippen LogP contribution is -2.52. The molecule has 2 aliphatic rings. The summed E-state index contributed by atoms with van der Waals surface area (Å²) in [4.78, 5) is 26.3. The highest BCUT2D eigenvalue weighted by atomic mass is 19.1. The number of hydrogen-bond acceptors (Lipinski definition) is 5. The Morgan fingerprint density at radius 3 is 2.59 bits per heavy atom. The number of fused-ring (bicyclic) bond motifs is 1. The number of aromatic nitrogens is 1. The summed E-state index contributed by atoms with van der Waals surface area (Å²) in [6, 6.07) is 1.24. The molecule has 1 saturated carbocycles. The van der Waals surface area contributed by atoms with Gasteiger partial charge in [0, 0.05) is 31.4 Å². The summed E-state index contributed by atoms with van der Waals surface area (Å²) < 4.78 is 22.7. The van der Waals surface area contributed by atoms with Crippen molar-refractivity contribution in [3.8, 4) is 5.75 Å². The van der Waals surface area contributed by atoms with Gasteiger partial charge in [-0.25, -0.2) is 9.18 Å². The summed E-state index contributed by atoms with van der Waals surface area (Å²) in [6.07, 6.45) is 3.82. The fourth-order valence-corrected chi connectivity index (χ4v) is 4.29. The van der Waals surface area contributed by atoms with E-state index in [4.69, 9.17) is 10.5 Å². The molecule has 8 heteroatoms. The summed E-state index contributed by atoms with van der Waals surface area (Å²) in [6.45, 7) is 5.22. The molecule has 156 valence electrons. The second kappa shape index (κ2) is 6.73. The Labute approximate surface area is 167 Å². The number of ether oxygens (including phenoxy) is 1. The molecule has 0 spiro atoms. The van der Waals surface area contributed by atoms with Crippen LogP contribution in [0.15, 0.2) is 17.1 Å². The van der Waals surface area contributed by atoms with Gasteiger partial charge in [0.05, 0.1) is 18.0 Å². The predicted molar refractivity (Wildman–Crippen MR) is 109 cm³/mol. The highest BCUT2D eigenvalue weighted by Gasteiger charge is 2.37. The lowest BCUT2D eigenvalue weighted by atomic mass is 9.79. The number of aromatic carboxylic acids is 1. The SMILES string of the molecule is COc1c(N2CC[C@H](N)C(C)(C)C2)c(F)cc2c(=O)c(C(=O)O)cn(C3CC3)c12. The van der Waals surface area contributed by atoms with Crippen molar-refractivity contribution in [3.05, 3.63) is 33.9 Å². The lowest BCUT2D eigenvalue weighted by Gasteiger charge is -2.44. The van der Waals surface area contributed by atoms with Gasteiger partial charge >= 0.3 is 5.97 Å². The Hall–Kier alpha value is -2.61. The molecule has 7 nitrogen and oxygen atoms in total. The number of piperidine rings is 1. The second-order valence-electron chi connectivity index (χ2n) is 8.76. The first-order chi connectivity index (χ1) is 13.7. The van der Waals surface area contributed by atoms with Gasteiger partial charge in [-0.3, -0.25) is 4.79 Å². The summed E-state index contributed by atoms with van der Waals surface area (Å²) in [5.41, 5.74) is 5.72. The summed E-state index contributed by atoms with van der Waals surface area (Å²) in [5, 5.41) is 9.46. The van der Waals surface area contributed by atoms with Crippen LogP contribution in [0.2, 0.25) is 0 Å². The average Bonchev–Trinajstić information content (AvgIpc) is 3.48. The molecule has 1 aliphatic carbocycles. The van der Waals surface area contributed by atoms with Crippen LogP contribution in [-0.4, -0.2) is 41.9 Å². The molecule has 1 atom stereocenters. The number of hydrogen-bond donors (Lipinski definition) is 2. The minimum Gasteiger partial charge on any atom is -0.492 e. The Balaban J connectivity index is 1.99. The van der Waals surface area contributed by atoms with Crippen molar-refractivity contribution in [2.75, 3.05) is 25.1 Å². The van der Waals surface area contributed by atoms with Crippen LogP contribution in [0.4, 0.5) is 10.1 Å². The molecule has 4 rings (SSSR count). The van der Waals surface area contributed by atoms with Crippen LogP contribution in [-0.2, 0) is 0 Å². The minimum atomic E-state index is -1.32. The Bertz CT molecular complexity index is 1060. The molecule has 1 aromatic heterocycles. The number of halogens is 1. The monoisotopic (exact) mass is 403 g/mol. The maximum absolute atomic E-state index is 15.3. The number of anilines is 1. The third-order valence-electron chi connectivity index (χ3n) is 6.20. The third kappa shape index (κ3) is 3.15. The van der Waals surface area contributed by atoms with Gasteiger partial charge in [-0.05, 0) is 30.7 Å². The van der Waals surface area contributed by atoms with Gasteiger partial charge < -0.3 is 25.0 Å². The topological polar surface area (TPSA) is 97.8 Å². The highest BCUT2D eigenvalue weighted by molar-refractivity contribution is 5.97. The number of methoxy groups -OCH3 is 1. The van der Waals surface area contributed by atoms with E-state index < -0.39 is 17.2 Å². The Morgan fingerprint density at radius 1 is 1.34 bits per heavy atom. The lowest BCUT2D eigenvalue weighted by molar-refractivity contribution is 0.0695. The molecule has 0 bridgehead atoms. The number of carboxylic acid groups (broad SMARTS) is 1. The van der Waals surface area contributed by atoms with Crippen molar-refractivity contribution in [2.45, 2.75) is 45.2 Å². The van der Waals surface area contributed by atoms with Crippen LogP contribution in [0, 0.1) is 11.2 Å². The van der Waals surface area contributed by atoms with Gasteiger partial charge in [0.2, 0.25) is 5.43 Å². The van der Waals surface area contributed by atoms with E-state index >= 15 is 4.39 Å². The number of pyridine rings is 1. The van der Waals surface area contributed by atoms with E-state index in [0.717, 1.165) is 18.9 Å². The van der Waals surface area contributed by atoms with E-state index in [1.165, 1.54) is 13.3 Å². The molecule has 0 amide bonds. The molecule has 1 aromatic carbocycles. The van der Waals surface area contributed by atoms with Gasteiger partial charge in [0.15, 0.2) is 11.6 Å². The van der Waals surface area contributed by atoms with Crippen molar-refractivity contribution in [1.29, 1.82) is 0 Å². The van der Waals surface area contributed by atoms with Crippen molar-refractivity contribution in [2.24, 2.45) is 11.1 Å². The fraction of sp³-hybridized carbons (Fsp3) is 0.524. The molecule has 0 unspecified atom stereocenters. The first kappa shape index (κ1) is 19.7. The maximum atomic E-state index is 15.3. The number of carboxylic acids is 1. The highest BCUT2D eigenvalue weighted by Crippen LogP contribution is 2.45. The van der Waals surface area contributed by atoms with Crippen molar-refractivity contribution in [1.82, 2.24) is 4.57 Å². The standard InChI is InChI=1S/C21H26FN3O4/c1-21(2)10-24(7-6-15(21)23)17-14(22)8-12-16(19(17)29-3)25(11-4-5-11)9-13(18(12)26)20(27)28/h8-9,11,15H,4-7,10,23H2,1-3H3,(H,27,28)/t15-/m0/s1. The van der Waals surface area contributed by atoms with Gasteiger partial charge in [-0.2, -0.15) is 0 Å². The zero-order valence-electron chi connectivity index (χ0n) is 16.9. The molecule has 1 aliphatic heterocycles. The van der Waals surface area contributed by atoms with Gasteiger partial charge in [0.25, 0.3) is 0 Å². The molecular formula is C21H26FN3O4. The Kier molecular flexibility index (Phi) is 4.57. The third-order valence-corrected chi connectivity index (χ3v) is 6.20. The number of rotatable bonds is 4. The van der Waals surface area contributed by atoms with Crippen molar-refractivity contribution in [3.63, 3.8) is 0 Å². The van der Waals surface area contributed by atoms with E-state index in [-0.39, 0.29) is 34.2 Å². The fourth-order valence-electron chi connectivity index (χ4n) is 4.29.